The monoisotopic (exact) mass is 354 g/mol. The molecule has 3 aromatic rings. The van der Waals surface area contributed by atoms with Crippen molar-refractivity contribution >= 4 is 16.9 Å². The van der Waals surface area contributed by atoms with Crippen LogP contribution in [0.5, 0.6) is 0 Å². The summed E-state index contributed by atoms with van der Waals surface area (Å²) in [5.74, 6) is 1.04. The highest BCUT2D eigenvalue weighted by molar-refractivity contribution is 5.97. The minimum atomic E-state index is -0.149. The Morgan fingerprint density at radius 3 is 2.85 bits per heavy atom. The molecule has 1 N–H and O–H groups in total. The number of aryl methyl sites for hydroxylation is 2. The lowest BCUT2D eigenvalue weighted by atomic mass is 9.90. The summed E-state index contributed by atoms with van der Waals surface area (Å²) < 4.78 is 9.13. The third-order valence-electron chi connectivity index (χ3n) is 5.03. The molecule has 0 spiro atoms. The van der Waals surface area contributed by atoms with Gasteiger partial charge in [0.25, 0.3) is 5.91 Å². The fourth-order valence-electron chi connectivity index (χ4n) is 3.53. The van der Waals surface area contributed by atoms with Gasteiger partial charge in [0.15, 0.2) is 0 Å². The summed E-state index contributed by atoms with van der Waals surface area (Å²) in [5, 5.41) is 11.3. The topological polar surface area (TPSA) is 86.9 Å². The number of benzene rings is 1. The highest BCUT2D eigenvalue weighted by Crippen LogP contribution is 2.29. The van der Waals surface area contributed by atoms with Gasteiger partial charge < -0.3 is 14.6 Å². The van der Waals surface area contributed by atoms with Gasteiger partial charge in [-0.15, -0.1) is 5.10 Å². The SMILES string of the molecule is Cn1ccnc1C(NC(=O)c1ccc2c(c1)nnn2C)C1CCOCC1. The van der Waals surface area contributed by atoms with Gasteiger partial charge in [0.1, 0.15) is 11.3 Å². The van der Waals surface area contributed by atoms with Crippen molar-refractivity contribution in [3.05, 3.63) is 42.0 Å². The Labute approximate surface area is 151 Å². The highest BCUT2D eigenvalue weighted by Gasteiger charge is 2.30. The van der Waals surface area contributed by atoms with E-state index in [1.54, 1.807) is 23.0 Å². The van der Waals surface area contributed by atoms with Crippen molar-refractivity contribution in [2.45, 2.75) is 18.9 Å². The quantitative estimate of drug-likeness (QED) is 0.769. The second-order valence-electron chi connectivity index (χ2n) is 6.71. The molecule has 1 aromatic carbocycles. The number of fused-ring (bicyclic) bond motifs is 1. The average molecular weight is 354 g/mol. The molecule has 136 valence electrons. The highest BCUT2D eigenvalue weighted by atomic mass is 16.5. The van der Waals surface area contributed by atoms with Crippen molar-refractivity contribution in [2.75, 3.05) is 13.2 Å². The molecule has 0 aliphatic carbocycles. The second kappa shape index (κ2) is 6.87. The molecule has 3 heterocycles. The number of imidazole rings is 1. The van der Waals surface area contributed by atoms with Gasteiger partial charge in [0.2, 0.25) is 0 Å². The first-order valence-corrected chi connectivity index (χ1v) is 8.79. The molecule has 1 saturated heterocycles. The van der Waals surface area contributed by atoms with Crippen molar-refractivity contribution in [2.24, 2.45) is 20.0 Å². The molecular weight excluding hydrogens is 332 g/mol. The standard InChI is InChI=1S/C18H22N6O2/c1-23-8-7-19-17(23)16(12-5-9-26-10-6-12)20-18(25)13-3-4-15-14(11-13)21-22-24(15)2/h3-4,7-8,11-12,16H,5-6,9-10H2,1-2H3,(H,20,25). The lowest BCUT2D eigenvalue weighted by Gasteiger charge is -2.30. The van der Waals surface area contributed by atoms with E-state index in [2.05, 4.69) is 20.6 Å². The number of hydrogen-bond acceptors (Lipinski definition) is 5. The van der Waals surface area contributed by atoms with Crippen LogP contribution in [0.25, 0.3) is 11.0 Å². The Hall–Kier alpha value is -2.74. The summed E-state index contributed by atoms with van der Waals surface area (Å²) in [6.45, 7) is 1.43. The maximum atomic E-state index is 12.9. The van der Waals surface area contributed by atoms with Crippen molar-refractivity contribution < 1.29 is 9.53 Å². The minimum Gasteiger partial charge on any atom is -0.381 e. The fourth-order valence-corrected chi connectivity index (χ4v) is 3.53. The number of carbonyl (C=O) groups is 1. The molecule has 1 fully saturated rings. The molecule has 1 amide bonds. The van der Waals surface area contributed by atoms with Crippen LogP contribution in [-0.2, 0) is 18.8 Å². The molecule has 1 aliphatic rings. The molecular formula is C18H22N6O2. The summed E-state index contributed by atoms with van der Waals surface area (Å²) in [7, 11) is 3.78. The van der Waals surface area contributed by atoms with E-state index in [9.17, 15) is 4.79 Å². The van der Waals surface area contributed by atoms with Crippen LogP contribution in [0.4, 0.5) is 0 Å². The molecule has 0 saturated carbocycles. The number of carbonyl (C=O) groups excluding carboxylic acids is 1. The molecule has 0 bridgehead atoms. The van der Waals surface area contributed by atoms with Crippen molar-refractivity contribution in [1.29, 1.82) is 0 Å². The Morgan fingerprint density at radius 1 is 1.31 bits per heavy atom. The normalized spacial score (nSPS) is 16.7. The number of hydrogen-bond donors (Lipinski definition) is 1. The van der Waals surface area contributed by atoms with Crippen molar-refractivity contribution in [1.82, 2.24) is 29.9 Å². The lowest BCUT2D eigenvalue weighted by Crippen LogP contribution is -2.37. The summed E-state index contributed by atoms with van der Waals surface area (Å²) in [5.41, 5.74) is 2.18. The Balaban J connectivity index is 1.61. The maximum Gasteiger partial charge on any atom is 0.251 e. The van der Waals surface area contributed by atoms with E-state index in [-0.39, 0.29) is 11.9 Å². The number of rotatable bonds is 4. The van der Waals surface area contributed by atoms with Crippen LogP contribution in [0.1, 0.15) is 35.1 Å². The molecule has 0 radical (unpaired) electrons. The first-order valence-electron chi connectivity index (χ1n) is 8.79. The zero-order valence-corrected chi connectivity index (χ0v) is 14.9. The predicted octanol–water partition coefficient (Wildman–Crippen LogP) is 1.60. The van der Waals surface area contributed by atoms with Gasteiger partial charge in [-0.05, 0) is 37.0 Å². The largest absolute Gasteiger partial charge is 0.381 e. The van der Waals surface area contributed by atoms with E-state index < -0.39 is 0 Å². The van der Waals surface area contributed by atoms with Gasteiger partial charge in [0.05, 0.1) is 11.6 Å². The molecule has 4 rings (SSSR count). The lowest BCUT2D eigenvalue weighted by molar-refractivity contribution is 0.0499. The molecule has 1 atom stereocenters. The van der Waals surface area contributed by atoms with Gasteiger partial charge in [-0.25, -0.2) is 9.67 Å². The van der Waals surface area contributed by atoms with Crippen molar-refractivity contribution in [3.63, 3.8) is 0 Å². The van der Waals surface area contributed by atoms with Gasteiger partial charge in [-0.3, -0.25) is 4.79 Å². The molecule has 1 aliphatic heterocycles. The van der Waals surface area contributed by atoms with Crippen molar-refractivity contribution in [3.8, 4) is 0 Å². The summed E-state index contributed by atoms with van der Waals surface area (Å²) in [6, 6.07) is 5.30. The third-order valence-corrected chi connectivity index (χ3v) is 5.03. The fraction of sp³-hybridized carbons (Fsp3) is 0.444. The average Bonchev–Trinajstić information content (AvgIpc) is 3.26. The summed E-state index contributed by atoms with van der Waals surface area (Å²) >= 11 is 0. The maximum absolute atomic E-state index is 12.9. The van der Waals surface area contributed by atoms with E-state index in [0.29, 0.717) is 30.2 Å². The van der Waals surface area contributed by atoms with Crippen LogP contribution in [-0.4, -0.2) is 43.7 Å². The van der Waals surface area contributed by atoms with E-state index in [0.717, 1.165) is 24.2 Å². The zero-order valence-electron chi connectivity index (χ0n) is 14.9. The molecule has 2 aromatic heterocycles. The number of amides is 1. The van der Waals surface area contributed by atoms with Crippen LogP contribution in [0.15, 0.2) is 30.6 Å². The van der Waals surface area contributed by atoms with Gasteiger partial charge in [0, 0.05) is 45.3 Å². The second-order valence-corrected chi connectivity index (χ2v) is 6.71. The van der Waals surface area contributed by atoms with E-state index in [1.807, 2.05) is 30.9 Å². The molecule has 1 unspecified atom stereocenters. The van der Waals surface area contributed by atoms with Gasteiger partial charge >= 0.3 is 0 Å². The first-order chi connectivity index (χ1) is 12.6. The zero-order chi connectivity index (χ0) is 18.1. The number of nitrogens with one attached hydrogen (secondary N) is 1. The minimum absolute atomic E-state index is 0.128. The number of aromatic nitrogens is 5. The molecule has 26 heavy (non-hydrogen) atoms. The van der Waals surface area contributed by atoms with Crippen LogP contribution in [0.2, 0.25) is 0 Å². The number of ether oxygens (including phenoxy) is 1. The first kappa shape index (κ1) is 16.7. The van der Waals surface area contributed by atoms with Gasteiger partial charge in [-0.1, -0.05) is 5.21 Å². The Kier molecular flexibility index (Phi) is 4.42. The molecule has 8 nitrogen and oxygen atoms in total. The van der Waals surface area contributed by atoms with Crippen LogP contribution in [0.3, 0.4) is 0 Å². The van der Waals surface area contributed by atoms with Gasteiger partial charge in [-0.2, -0.15) is 0 Å². The summed E-state index contributed by atoms with van der Waals surface area (Å²) in [6.07, 6.45) is 5.47. The van der Waals surface area contributed by atoms with Crippen LogP contribution in [0, 0.1) is 5.92 Å². The van der Waals surface area contributed by atoms with E-state index in [4.69, 9.17) is 4.74 Å². The summed E-state index contributed by atoms with van der Waals surface area (Å²) in [4.78, 5) is 17.4. The Morgan fingerprint density at radius 2 is 2.12 bits per heavy atom. The van der Waals surface area contributed by atoms with E-state index in [1.165, 1.54) is 0 Å². The van der Waals surface area contributed by atoms with Crippen LogP contribution >= 0.6 is 0 Å². The Bertz CT molecular complexity index is 925. The van der Waals surface area contributed by atoms with Crippen LogP contribution < -0.4 is 5.32 Å². The third kappa shape index (κ3) is 3.08. The molecule has 8 heteroatoms. The smallest absolute Gasteiger partial charge is 0.251 e. The van der Waals surface area contributed by atoms with E-state index >= 15 is 0 Å². The predicted molar refractivity (Wildman–Crippen MR) is 95.5 cm³/mol. The number of nitrogens with zero attached hydrogens (tertiary/aromatic N) is 5.